The van der Waals surface area contributed by atoms with Gasteiger partial charge in [0.25, 0.3) is 11.6 Å². The molecule has 0 radical (unpaired) electrons. The second kappa shape index (κ2) is 5.96. The first-order chi connectivity index (χ1) is 9.08. The van der Waals surface area contributed by atoms with E-state index >= 15 is 0 Å². The molecule has 19 heavy (non-hydrogen) atoms. The highest BCUT2D eigenvalue weighted by Crippen LogP contribution is 2.24. The SMILES string of the molecule is O=C(NN1CCOCC1)c1ccc([N+](=O)[O-])c(Cl)c1. The summed E-state index contributed by atoms with van der Waals surface area (Å²) in [6, 6.07) is 3.88. The van der Waals surface area contributed by atoms with E-state index in [9.17, 15) is 14.9 Å². The Labute approximate surface area is 114 Å². The van der Waals surface area contributed by atoms with Crippen LogP contribution in [0.25, 0.3) is 0 Å². The predicted molar refractivity (Wildman–Crippen MR) is 68.0 cm³/mol. The molecule has 0 unspecified atom stereocenters. The first-order valence-corrected chi connectivity index (χ1v) is 6.03. The number of hydrogen-bond donors (Lipinski definition) is 1. The minimum Gasteiger partial charge on any atom is -0.379 e. The van der Waals surface area contributed by atoms with Crippen molar-refractivity contribution < 1.29 is 14.5 Å². The fourth-order valence-electron chi connectivity index (χ4n) is 1.68. The number of carbonyl (C=O) groups excluding carboxylic acids is 1. The third kappa shape index (κ3) is 3.40. The molecule has 0 saturated carbocycles. The Bertz CT molecular complexity index is 503. The molecule has 0 aliphatic carbocycles. The molecule has 1 heterocycles. The summed E-state index contributed by atoms with van der Waals surface area (Å²) < 4.78 is 5.16. The first-order valence-electron chi connectivity index (χ1n) is 5.65. The molecule has 0 aromatic heterocycles. The van der Waals surface area contributed by atoms with E-state index in [0.717, 1.165) is 0 Å². The summed E-state index contributed by atoms with van der Waals surface area (Å²) in [6.07, 6.45) is 0. The summed E-state index contributed by atoms with van der Waals surface area (Å²) >= 11 is 5.76. The number of carbonyl (C=O) groups is 1. The number of hydrazine groups is 1. The van der Waals surface area contributed by atoms with Gasteiger partial charge in [-0.25, -0.2) is 5.01 Å². The number of hydrogen-bond acceptors (Lipinski definition) is 5. The number of rotatable bonds is 3. The van der Waals surface area contributed by atoms with Gasteiger partial charge in [-0.05, 0) is 12.1 Å². The Balaban J connectivity index is 2.06. The molecule has 102 valence electrons. The summed E-state index contributed by atoms with van der Waals surface area (Å²) in [5.74, 6) is -0.348. The molecule has 1 saturated heterocycles. The van der Waals surface area contributed by atoms with Crippen molar-refractivity contribution in [2.75, 3.05) is 26.3 Å². The molecule has 0 bridgehead atoms. The normalized spacial score (nSPS) is 16.1. The van der Waals surface area contributed by atoms with Crippen LogP contribution < -0.4 is 5.43 Å². The quantitative estimate of drug-likeness (QED) is 0.667. The van der Waals surface area contributed by atoms with E-state index in [4.69, 9.17) is 16.3 Å². The van der Waals surface area contributed by atoms with Gasteiger partial charge in [0, 0.05) is 24.7 Å². The summed E-state index contributed by atoms with van der Waals surface area (Å²) in [5, 5.41) is 12.3. The minimum absolute atomic E-state index is 0.0559. The monoisotopic (exact) mass is 285 g/mol. The Hall–Kier alpha value is -1.70. The number of amides is 1. The average molecular weight is 286 g/mol. The number of nitro groups is 1. The van der Waals surface area contributed by atoms with Crippen LogP contribution in [0.15, 0.2) is 18.2 Å². The van der Waals surface area contributed by atoms with Gasteiger partial charge in [-0.2, -0.15) is 0 Å². The molecule has 1 amide bonds. The largest absolute Gasteiger partial charge is 0.379 e. The van der Waals surface area contributed by atoms with Crippen molar-refractivity contribution >= 4 is 23.2 Å². The predicted octanol–water partition coefficient (Wildman–Crippen LogP) is 1.23. The molecule has 1 fully saturated rings. The number of benzene rings is 1. The topological polar surface area (TPSA) is 84.7 Å². The maximum absolute atomic E-state index is 11.9. The third-order valence-corrected chi connectivity index (χ3v) is 2.98. The molecule has 8 heteroatoms. The summed E-state index contributed by atoms with van der Waals surface area (Å²) in [7, 11) is 0. The summed E-state index contributed by atoms with van der Waals surface area (Å²) in [4.78, 5) is 22.0. The number of ether oxygens (including phenoxy) is 1. The van der Waals surface area contributed by atoms with Crippen molar-refractivity contribution in [1.82, 2.24) is 10.4 Å². The van der Waals surface area contributed by atoms with Gasteiger partial charge in [0.05, 0.1) is 18.1 Å². The van der Waals surface area contributed by atoms with Gasteiger partial charge in [-0.1, -0.05) is 11.6 Å². The summed E-state index contributed by atoms with van der Waals surface area (Å²) in [5.41, 5.74) is 2.76. The zero-order valence-corrected chi connectivity index (χ0v) is 10.7. The van der Waals surface area contributed by atoms with Crippen LogP contribution in [-0.2, 0) is 4.74 Å². The van der Waals surface area contributed by atoms with Gasteiger partial charge >= 0.3 is 0 Å². The van der Waals surface area contributed by atoms with Crippen molar-refractivity contribution in [3.8, 4) is 0 Å². The average Bonchev–Trinajstić information content (AvgIpc) is 2.39. The highest BCUT2D eigenvalue weighted by Gasteiger charge is 2.18. The fraction of sp³-hybridized carbons (Fsp3) is 0.364. The van der Waals surface area contributed by atoms with E-state index in [0.29, 0.717) is 26.3 Å². The van der Waals surface area contributed by atoms with Crippen LogP contribution in [0.1, 0.15) is 10.4 Å². The molecule has 1 aliphatic heterocycles. The van der Waals surface area contributed by atoms with Gasteiger partial charge in [0.1, 0.15) is 5.02 Å². The molecule has 1 aliphatic rings. The second-order valence-corrected chi connectivity index (χ2v) is 4.37. The van der Waals surface area contributed by atoms with E-state index in [-0.39, 0.29) is 22.2 Å². The molecule has 0 spiro atoms. The first kappa shape index (κ1) is 13.7. The highest BCUT2D eigenvalue weighted by atomic mass is 35.5. The van der Waals surface area contributed by atoms with Gasteiger partial charge in [-0.3, -0.25) is 20.3 Å². The van der Waals surface area contributed by atoms with E-state index in [2.05, 4.69) is 5.43 Å². The van der Waals surface area contributed by atoms with Crippen molar-refractivity contribution in [2.45, 2.75) is 0 Å². The van der Waals surface area contributed by atoms with Crippen molar-refractivity contribution in [3.05, 3.63) is 38.9 Å². The van der Waals surface area contributed by atoms with Crippen LogP contribution in [0, 0.1) is 10.1 Å². The van der Waals surface area contributed by atoms with Crippen LogP contribution in [0.2, 0.25) is 5.02 Å². The number of halogens is 1. The molecule has 2 rings (SSSR count). The Morgan fingerprint density at radius 3 is 2.68 bits per heavy atom. The van der Waals surface area contributed by atoms with Crippen LogP contribution in [0.5, 0.6) is 0 Å². The lowest BCUT2D eigenvalue weighted by Gasteiger charge is -2.26. The molecule has 1 N–H and O–H groups in total. The lowest BCUT2D eigenvalue weighted by molar-refractivity contribution is -0.384. The minimum atomic E-state index is -0.591. The van der Waals surface area contributed by atoms with E-state index in [1.165, 1.54) is 18.2 Å². The van der Waals surface area contributed by atoms with E-state index in [1.807, 2.05) is 0 Å². The summed E-state index contributed by atoms with van der Waals surface area (Å²) in [6.45, 7) is 2.32. The van der Waals surface area contributed by atoms with Crippen molar-refractivity contribution in [2.24, 2.45) is 0 Å². The zero-order valence-electron chi connectivity index (χ0n) is 9.97. The number of nitrogens with one attached hydrogen (secondary N) is 1. The van der Waals surface area contributed by atoms with E-state index < -0.39 is 4.92 Å². The van der Waals surface area contributed by atoms with Crippen LogP contribution in [0.3, 0.4) is 0 Å². The van der Waals surface area contributed by atoms with Crippen LogP contribution in [-0.4, -0.2) is 42.1 Å². The Kier molecular flexibility index (Phi) is 4.31. The second-order valence-electron chi connectivity index (χ2n) is 3.96. The highest BCUT2D eigenvalue weighted by molar-refractivity contribution is 6.33. The Morgan fingerprint density at radius 1 is 1.42 bits per heavy atom. The van der Waals surface area contributed by atoms with Gasteiger partial charge in [-0.15, -0.1) is 0 Å². The standard InChI is InChI=1S/C11H12ClN3O4/c12-9-7-8(1-2-10(9)15(17)18)11(16)13-14-3-5-19-6-4-14/h1-2,7H,3-6H2,(H,13,16). The zero-order chi connectivity index (χ0) is 13.8. The third-order valence-electron chi connectivity index (χ3n) is 2.68. The molecule has 1 aromatic carbocycles. The maximum atomic E-state index is 11.9. The van der Waals surface area contributed by atoms with Gasteiger partial charge in [0.15, 0.2) is 0 Å². The lowest BCUT2D eigenvalue weighted by Crippen LogP contribution is -2.48. The van der Waals surface area contributed by atoms with Crippen LogP contribution in [0.4, 0.5) is 5.69 Å². The number of nitro benzene ring substituents is 1. The molecule has 0 atom stereocenters. The maximum Gasteiger partial charge on any atom is 0.287 e. The fourth-order valence-corrected chi connectivity index (χ4v) is 1.93. The number of morpholine rings is 1. The van der Waals surface area contributed by atoms with Gasteiger partial charge in [0.2, 0.25) is 0 Å². The van der Waals surface area contributed by atoms with Crippen molar-refractivity contribution in [1.29, 1.82) is 0 Å². The van der Waals surface area contributed by atoms with Crippen molar-refractivity contribution in [3.63, 3.8) is 0 Å². The number of nitrogens with zero attached hydrogens (tertiary/aromatic N) is 2. The molecule has 7 nitrogen and oxygen atoms in total. The molecular weight excluding hydrogens is 274 g/mol. The van der Waals surface area contributed by atoms with E-state index in [1.54, 1.807) is 5.01 Å². The van der Waals surface area contributed by atoms with Crippen LogP contribution >= 0.6 is 11.6 Å². The Morgan fingerprint density at radius 2 is 2.11 bits per heavy atom. The smallest absolute Gasteiger partial charge is 0.287 e. The molecule has 1 aromatic rings. The lowest BCUT2D eigenvalue weighted by atomic mass is 10.2. The molecular formula is C11H12ClN3O4. The van der Waals surface area contributed by atoms with Gasteiger partial charge < -0.3 is 4.74 Å².